The zero-order valence-electron chi connectivity index (χ0n) is 24.0. The van der Waals surface area contributed by atoms with Crippen molar-refractivity contribution in [3.8, 4) is 11.5 Å². The molecule has 4 heteroatoms. The summed E-state index contributed by atoms with van der Waals surface area (Å²) in [4.78, 5) is 0. The van der Waals surface area contributed by atoms with Gasteiger partial charge in [0.25, 0.3) is 0 Å². The highest BCUT2D eigenvalue weighted by Gasteiger charge is 2.15. The molecule has 0 amide bonds. The Kier molecular flexibility index (Phi) is 15.9. The summed E-state index contributed by atoms with van der Waals surface area (Å²) < 4.78 is 12.9. The van der Waals surface area contributed by atoms with E-state index >= 15 is 0 Å². The van der Waals surface area contributed by atoms with Crippen molar-refractivity contribution in [1.82, 2.24) is 0 Å². The summed E-state index contributed by atoms with van der Waals surface area (Å²) in [6, 6.07) is 17.2. The average molecular weight is 555 g/mol. The Balaban J connectivity index is 1.52. The van der Waals surface area contributed by atoms with E-state index in [0.29, 0.717) is 0 Å². The lowest BCUT2D eigenvalue weighted by Crippen LogP contribution is -2.05. The van der Waals surface area contributed by atoms with Crippen LogP contribution in [0.15, 0.2) is 48.5 Å². The predicted octanol–water partition coefficient (Wildman–Crippen LogP) is 10.9. The van der Waals surface area contributed by atoms with Gasteiger partial charge in [-0.15, -0.1) is 0 Å². The maximum absolute atomic E-state index is 6.47. The number of unbranched alkanes of at least 4 members (excludes halogenated alkanes) is 10. The van der Waals surface area contributed by atoms with Gasteiger partial charge in [-0.2, -0.15) is 23.5 Å². The van der Waals surface area contributed by atoms with E-state index in [1.54, 1.807) is 0 Å². The van der Waals surface area contributed by atoms with Crippen molar-refractivity contribution >= 4 is 45.1 Å². The molecule has 2 nitrogen and oxygen atoms in total. The molecular weight excluding hydrogens is 505 g/mol. The van der Waals surface area contributed by atoms with Crippen LogP contribution in [0.2, 0.25) is 0 Å². The van der Waals surface area contributed by atoms with Crippen LogP contribution < -0.4 is 9.47 Å². The van der Waals surface area contributed by atoms with Gasteiger partial charge in [0.1, 0.15) is 11.5 Å². The monoisotopic (exact) mass is 554 g/mol. The first-order chi connectivity index (χ1) is 18.9. The minimum Gasteiger partial charge on any atom is -0.491 e. The molecule has 0 aromatic heterocycles. The normalized spacial score (nSPS) is 11.4. The molecular formula is C34H50O2S2. The third-order valence-corrected chi connectivity index (χ3v) is 9.13. The lowest BCUT2D eigenvalue weighted by molar-refractivity contribution is 0.346. The van der Waals surface area contributed by atoms with Gasteiger partial charge in [0.05, 0.1) is 13.2 Å². The van der Waals surface area contributed by atoms with Gasteiger partial charge in [-0.3, -0.25) is 0 Å². The van der Waals surface area contributed by atoms with Crippen molar-refractivity contribution in [1.29, 1.82) is 0 Å². The van der Waals surface area contributed by atoms with Crippen LogP contribution >= 0.6 is 23.5 Å². The highest BCUT2D eigenvalue weighted by Crippen LogP contribution is 2.42. The molecule has 0 heterocycles. The van der Waals surface area contributed by atoms with Crippen LogP contribution in [0.3, 0.4) is 0 Å². The molecule has 0 saturated heterocycles. The van der Waals surface area contributed by atoms with Gasteiger partial charge in [0, 0.05) is 33.1 Å². The van der Waals surface area contributed by atoms with Crippen LogP contribution in [-0.2, 0) is 0 Å². The van der Waals surface area contributed by atoms with Gasteiger partial charge in [-0.1, -0.05) is 127 Å². The van der Waals surface area contributed by atoms with Crippen molar-refractivity contribution in [2.75, 3.05) is 36.2 Å². The lowest BCUT2D eigenvalue weighted by Gasteiger charge is -2.18. The lowest BCUT2D eigenvalue weighted by atomic mass is 10.0. The first kappa shape index (κ1) is 31.0. The summed E-state index contributed by atoms with van der Waals surface area (Å²) >= 11 is 4.04. The standard InChI is InChI=1S/C34H50O2S2/c1-3-5-7-9-11-17-25-37-27-23-35-33-29-19-13-15-21-31(29)34(32-22-16-14-20-30(32)33)36-24-28-38-26-18-12-10-8-6-4-2/h13-16,19-22H,3-12,17-18,23-28H2,1-2H3. The number of hydrogen-bond donors (Lipinski definition) is 0. The molecule has 0 radical (unpaired) electrons. The van der Waals surface area contributed by atoms with Crippen LogP contribution in [0.1, 0.15) is 90.9 Å². The van der Waals surface area contributed by atoms with E-state index in [2.05, 4.69) is 62.4 Å². The molecule has 0 saturated carbocycles. The molecule has 0 spiro atoms. The van der Waals surface area contributed by atoms with Crippen molar-refractivity contribution in [3.63, 3.8) is 0 Å². The first-order valence-electron chi connectivity index (χ1n) is 15.2. The number of benzene rings is 3. The molecule has 0 N–H and O–H groups in total. The fourth-order valence-electron chi connectivity index (χ4n) is 4.94. The highest BCUT2D eigenvalue weighted by atomic mass is 32.2. The molecule has 3 rings (SSSR count). The zero-order chi connectivity index (χ0) is 26.7. The van der Waals surface area contributed by atoms with Crippen molar-refractivity contribution in [3.05, 3.63) is 48.5 Å². The Labute approximate surface area is 241 Å². The Morgan fingerprint density at radius 1 is 0.447 bits per heavy atom. The van der Waals surface area contributed by atoms with Crippen molar-refractivity contribution in [2.24, 2.45) is 0 Å². The Bertz CT molecular complexity index is 897. The van der Waals surface area contributed by atoms with E-state index in [0.717, 1.165) is 57.8 Å². The van der Waals surface area contributed by atoms with E-state index in [9.17, 15) is 0 Å². The molecule has 0 fully saturated rings. The van der Waals surface area contributed by atoms with Gasteiger partial charge < -0.3 is 9.47 Å². The number of rotatable bonds is 22. The third-order valence-electron chi connectivity index (χ3n) is 7.07. The number of thioether (sulfide) groups is 2. The second-order valence-electron chi connectivity index (χ2n) is 10.2. The number of hydrogen-bond acceptors (Lipinski definition) is 4. The van der Waals surface area contributed by atoms with Crippen LogP contribution in [-0.4, -0.2) is 36.2 Å². The van der Waals surface area contributed by atoms with E-state index in [4.69, 9.17) is 9.47 Å². The van der Waals surface area contributed by atoms with Gasteiger partial charge in [-0.05, 0) is 24.3 Å². The predicted molar refractivity (Wildman–Crippen MR) is 174 cm³/mol. The molecule has 0 unspecified atom stereocenters. The minimum absolute atomic E-state index is 0.740. The SMILES string of the molecule is CCCCCCCCSCCOc1c2ccccc2c(OCCSCCCCCCCC)c2ccccc12. The van der Waals surface area contributed by atoms with Crippen LogP contribution in [0.25, 0.3) is 21.5 Å². The summed E-state index contributed by atoms with van der Waals surface area (Å²) in [5, 5.41) is 4.62. The van der Waals surface area contributed by atoms with Gasteiger partial charge in [0.2, 0.25) is 0 Å². The molecule has 0 aliphatic carbocycles. The van der Waals surface area contributed by atoms with E-state index in [1.165, 1.54) is 88.6 Å². The van der Waals surface area contributed by atoms with Gasteiger partial charge in [0.15, 0.2) is 0 Å². The summed E-state index contributed by atoms with van der Waals surface area (Å²) in [7, 11) is 0. The number of ether oxygens (including phenoxy) is 2. The minimum atomic E-state index is 0.740. The van der Waals surface area contributed by atoms with Crippen molar-refractivity contribution in [2.45, 2.75) is 90.9 Å². The Hall–Kier alpha value is -1.52. The largest absolute Gasteiger partial charge is 0.491 e. The summed E-state index contributed by atoms with van der Waals surface area (Å²) in [6.07, 6.45) is 16.3. The molecule has 0 aliphatic heterocycles. The van der Waals surface area contributed by atoms with E-state index in [1.807, 2.05) is 23.5 Å². The Morgan fingerprint density at radius 2 is 0.789 bits per heavy atom. The quantitative estimate of drug-likeness (QED) is 0.0907. The molecule has 0 atom stereocenters. The maximum atomic E-state index is 6.47. The fourth-order valence-corrected chi connectivity index (χ4v) is 6.56. The zero-order valence-corrected chi connectivity index (χ0v) is 25.6. The smallest absolute Gasteiger partial charge is 0.135 e. The summed E-state index contributed by atoms with van der Waals surface area (Å²) in [5.74, 6) is 6.54. The molecule has 0 aliphatic rings. The molecule has 3 aromatic rings. The highest BCUT2D eigenvalue weighted by molar-refractivity contribution is 7.99. The third kappa shape index (κ3) is 10.6. The average Bonchev–Trinajstić information content (AvgIpc) is 2.95. The Morgan fingerprint density at radius 3 is 1.16 bits per heavy atom. The molecule has 3 aromatic carbocycles. The van der Waals surface area contributed by atoms with Crippen LogP contribution in [0.4, 0.5) is 0 Å². The maximum Gasteiger partial charge on any atom is 0.135 e. The van der Waals surface area contributed by atoms with Gasteiger partial charge >= 0.3 is 0 Å². The topological polar surface area (TPSA) is 18.5 Å². The second kappa shape index (κ2) is 19.5. The van der Waals surface area contributed by atoms with E-state index in [-0.39, 0.29) is 0 Å². The van der Waals surface area contributed by atoms with Crippen LogP contribution in [0.5, 0.6) is 11.5 Å². The summed E-state index contributed by atoms with van der Waals surface area (Å²) in [6.45, 7) is 6.04. The number of fused-ring (bicyclic) bond motifs is 2. The molecule has 210 valence electrons. The van der Waals surface area contributed by atoms with Crippen LogP contribution in [0, 0.1) is 0 Å². The van der Waals surface area contributed by atoms with E-state index < -0.39 is 0 Å². The first-order valence-corrected chi connectivity index (χ1v) is 17.5. The second-order valence-corrected chi connectivity index (χ2v) is 12.7. The van der Waals surface area contributed by atoms with Crippen molar-refractivity contribution < 1.29 is 9.47 Å². The molecule has 38 heavy (non-hydrogen) atoms. The molecule has 0 bridgehead atoms. The van der Waals surface area contributed by atoms with Gasteiger partial charge in [-0.25, -0.2) is 0 Å². The summed E-state index contributed by atoms with van der Waals surface area (Å²) in [5.41, 5.74) is 0. The fraction of sp³-hybridized carbons (Fsp3) is 0.588.